The Morgan fingerprint density at radius 3 is 1.47 bits per heavy atom. The molecule has 0 amide bonds. The predicted molar refractivity (Wildman–Crippen MR) is 184 cm³/mol. The normalized spacial score (nSPS) is 16.2. The highest BCUT2D eigenvalue weighted by Gasteiger charge is 2.16. The number of aldehydes is 1. The molecule has 1 aromatic heterocycles. The van der Waals surface area contributed by atoms with Crippen molar-refractivity contribution in [2.75, 3.05) is 158 Å². The Labute approximate surface area is 293 Å². The summed E-state index contributed by atoms with van der Waals surface area (Å²) in [5, 5.41) is 8.24. The molecule has 0 atom stereocenters. The number of likely N-dealkylation sites (tertiary alicyclic amines) is 1. The second-order valence-electron chi connectivity index (χ2n) is 12.2. The van der Waals surface area contributed by atoms with Gasteiger partial charge in [0.05, 0.1) is 118 Å². The topological polar surface area (TPSA) is 131 Å². The molecule has 0 saturated carbocycles. The van der Waals surface area contributed by atoms with Crippen molar-refractivity contribution in [3.05, 3.63) is 11.9 Å². The van der Waals surface area contributed by atoms with Crippen LogP contribution in [-0.2, 0) is 55.8 Å². The van der Waals surface area contributed by atoms with Crippen LogP contribution < -0.4 is 0 Å². The molecule has 0 unspecified atom stereocenters. The van der Waals surface area contributed by atoms with Gasteiger partial charge in [0.1, 0.15) is 12.0 Å². The molecular weight excluding hydrogens is 636 g/mol. The van der Waals surface area contributed by atoms with Crippen molar-refractivity contribution < 1.29 is 42.7 Å². The van der Waals surface area contributed by atoms with E-state index in [-0.39, 0.29) is 0 Å². The minimum absolute atomic E-state index is 0.382. The van der Waals surface area contributed by atoms with Crippen molar-refractivity contribution >= 4 is 6.29 Å². The largest absolute Gasteiger partial charge is 0.379 e. The first-order chi connectivity index (χ1) is 24.3. The highest BCUT2D eigenvalue weighted by Crippen LogP contribution is 2.09. The fourth-order valence-electron chi connectivity index (χ4n) is 5.51. The van der Waals surface area contributed by atoms with Gasteiger partial charge in [-0.1, -0.05) is 5.21 Å². The maximum absolute atomic E-state index is 10.2. The lowest BCUT2D eigenvalue weighted by atomic mass is 10.2. The number of aromatic nitrogens is 3. The van der Waals surface area contributed by atoms with E-state index in [0.29, 0.717) is 112 Å². The number of nitrogens with zero attached hydrogens (tertiary/aromatic N) is 6. The number of ether oxygens (including phenoxy) is 8. The maximum atomic E-state index is 10.2. The third-order valence-electron chi connectivity index (χ3n) is 8.33. The summed E-state index contributed by atoms with van der Waals surface area (Å²) in [6, 6.07) is 0. The molecule has 2 saturated heterocycles. The van der Waals surface area contributed by atoms with Crippen LogP contribution in [0.5, 0.6) is 0 Å². The summed E-state index contributed by atoms with van der Waals surface area (Å²) in [4.78, 5) is 17.9. The van der Waals surface area contributed by atoms with Gasteiger partial charge < -0.3 is 52.5 Å². The summed E-state index contributed by atoms with van der Waals surface area (Å²) in [5.41, 5.74) is 0.765. The van der Waals surface area contributed by atoms with E-state index in [4.69, 9.17) is 37.9 Å². The lowest BCUT2D eigenvalue weighted by molar-refractivity contribution is -0.109. The molecule has 0 aliphatic carbocycles. The summed E-state index contributed by atoms with van der Waals surface area (Å²) in [7, 11) is 0. The van der Waals surface area contributed by atoms with Gasteiger partial charge in [-0.3, -0.25) is 4.90 Å². The molecule has 0 bridgehead atoms. The van der Waals surface area contributed by atoms with Crippen LogP contribution in [0.15, 0.2) is 6.20 Å². The van der Waals surface area contributed by atoms with E-state index in [1.165, 1.54) is 65.0 Å². The number of carbonyl (C=O) groups is 1. The molecule has 2 fully saturated rings. The summed E-state index contributed by atoms with van der Waals surface area (Å²) in [5.74, 6) is 0. The zero-order valence-electron chi connectivity index (χ0n) is 29.9. The summed E-state index contributed by atoms with van der Waals surface area (Å²) in [6.45, 7) is 19.7. The van der Waals surface area contributed by atoms with E-state index < -0.39 is 0 Å². The Morgan fingerprint density at radius 1 is 0.510 bits per heavy atom. The molecule has 0 spiro atoms. The maximum Gasteiger partial charge on any atom is 0.122 e. The average Bonchev–Trinajstić information content (AvgIpc) is 3.82. The number of rotatable bonds is 34. The first-order valence-corrected chi connectivity index (χ1v) is 18.4. The SMILES string of the molecule is O=CCCOCCOCCOCCOCCn1cc(COCCOCCOCCOCCN2CCN(CCCCN3CCCC3)CC2)nn1. The number of unbranched alkanes of at least 4 members (excludes halogenated alkanes) is 1. The summed E-state index contributed by atoms with van der Waals surface area (Å²) >= 11 is 0. The molecule has 284 valence electrons. The van der Waals surface area contributed by atoms with Gasteiger partial charge in [0.25, 0.3) is 0 Å². The van der Waals surface area contributed by atoms with Crippen LogP contribution in [0.2, 0.25) is 0 Å². The number of hydrogen-bond acceptors (Lipinski definition) is 14. The molecule has 15 heteroatoms. The average molecular weight is 701 g/mol. The van der Waals surface area contributed by atoms with Crippen LogP contribution >= 0.6 is 0 Å². The van der Waals surface area contributed by atoms with Gasteiger partial charge in [-0.15, -0.1) is 5.10 Å². The summed E-state index contributed by atoms with van der Waals surface area (Å²) in [6.07, 6.45) is 8.55. The van der Waals surface area contributed by atoms with Gasteiger partial charge in [-0.25, -0.2) is 4.68 Å². The van der Waals surface area contributed by atoms with Crippen LogP contribution in [0.25, 0.3) is 0 Å². The molecule has 0 radical (unpaired) electrons. The molecule has 0 N–H and O–H groups in total. The van der Waals surface area contributed by atoms with E-state index in [1.54, 1.807) is 4.68 Å². The number of carbonyl (C=O) groups excluding carboxylic acids is 1. The molecule has 3 rings (SSSR count). The van der Waals surface area contributed by atoms with Crippen molar-refractivity contribution in [3.8, 4) is 0 Å². The zero-order valence-corrected chi connectivity index (χ0v) is 29.9. The minimum Gasteiger partial charge on any atom is -0.379 e. The molecule has 1 aromatic rings. The van der Waals surface area contributed by atoms with E-state index in [2.05, 4.69) is 25.0 Å². The van der Waals surface area contributed by atoms with Gasteiger partial charge in [0.15, 0.2) is 0 Å². The Kier molecular flexibility index (Phi) is 25.6. The van der Waals surface area contributed by atoms with Crippen molar-refractivity contribution in [2.45, 2.75) is 45.3 Å². The predicted octanol–water partition coefficient (Wildman–Crippen LogP) is 0.994. The Bertz CT molecular complexity index is 888. The fourth-order valence-corrected chi connectivity index (χ4v) is 5.51. The van der Waals surface area contributed by atoms with Gasteiger partial charge in [0.2, 0.25) is 0 Å². The van der Waals surface area contributed by atoms with Gasteiger partial charge in [-0.2, -0.15) is 0 Å². The fraction of sp³-hybridized carbons (Fsp3) is 0.912. The number of piperazine rings is 1. The molecule has 49 heavy (non-hydrogen) atoms. The van der Waals surface area contributed by atoms with E-state index >= 15 is 0 Å². The van der Waals surface area contributed by atoms with Crippen LogP contribution in [0.1, 0.15) is 37.8 Å². The second-order valence-corrected chi connectivity index (χ2v) is 12.2. The zero-order chi connectivity index (χ0) is 34.3. The van der Waals surface area contributed by atoms with Crippen LogP contribution in [0.4, 0.5) is 0 Å². The van der Waals surface area contributed by atoms with Gasteiger partial charge >= 0.3 is 0 Å². The highest BCUT2D eigenvalue weighted by atomic mass is 16.6. The Morgan fingerprint density at radius 2 is 0.939 bits per heavy atom. The van der Waals surface area contributed by atoms with E-state index in [1.807, 2.05) is 6.20 Å². The highest BCUT2D eigenvalue weighted by molar-refractivity contribution is 5.49. The smallest absolute Gasteiger partial charge is 0.122 e. The quantitative estimate of drug-likeness (QED) is 0.0748. The van der Waals surface area contributed by atoms with Crippen LogP contribution in [-0.4, -0.2) is 194 Å². The number of hydrogen-bond donors (Lipinski definition) is 0. The van der Waals surface area contributed by atoms with Crippen molar-refractivity contribution in [2.24, 2.45) is 0 Å². The third-order valence-corrected chi connectivity index (χ3v) is 8.33. The molecule has 3 heterocycles. The first-order valence-electron chi connectivity index (χ1n) is 18.4. The Hall–Kier alpha value is -1.63. The van der Waals surface area contributed by atoms with Crippen molar-refractivity contribution in [3.63, 3.8) is 0 Å². The molecule has 2 aliphatic rings. The van der Waals surface area contributed by atoms with E-state index in [9.17, 15) is 4.79 Å². The molecule has 2 aliphatic heterocycles. The van der Waals surface area contributed by atoms with Gasteiger partial charge in [0, 0.05) is 39.1 Å². The molecular formula is C34H64N6O9. The lowest BCUT2D eigenvalue weighted by Crippen LogP contribution is -2.47. The Balaban J connectivity index is 0.984. The molecule has 15 nitrogen and oxygen atoms in total. The van der Waals surface area contributed by atoms with Crippen molar-refractivity contribution in [1.82, 2.24) is 29.7 Å². The first kappa shape index (κ1) is 41.8. The molecule has 0 aromatic carbocycles. The van der Waals surface area contributed by atoms with Crippen LogP contribution in [0, 0.1) is 0 Å². The standard InChI is InChI=1S/C34H64N6O9/c41-16-5-17-42-20-23-45-26-27-47-25-22-44-19-15-40-32-34(35-36-40)33-49-31-30-48-29-28-46-24-21-43-18-14-39-12-10-38(11-13-39)9-4-3-8-37-6-1-2-7-37/h16,32H,1-15,17-31,33H2. The van der Waals surface area contributed by atoms with E-state index in [0.717, 1.165) is 38.2 Å². The van der Waals surface area contributed by atoms with Gasteiger partial charge in [-0.05, 0) is 51.9 Å². The van der Waals surface area contributed by atoms with Crippen LogP contribution in [0.3, 0.4) is 0 Å². The van der Waals surface area contributed by atoms with Crippen molar-refractivity contribution in [1.29, 1.82) is 0 Å². The summed E-state index contributed by atoms with van der Waals surface area (Å²) < 4.78 is 46.0. The third kappa shape index (κ3) is 22.7. The second kappa shape index (κ2) is 30.0. The monoisotopic (exact) mass is 700 g/mol. The minimum atomic E-state index is 0.382. The lowest BCUT2D eigenvalue weighted by Gasteiger charge is -2.34.